The average Bonchev–Trinajstić information content (AvgIpc) is 2.65. The monoisotopic (exact) mass is 264 g/mol. The number of rotatable bonds is 6. The quantitative estimate of drug-likeness (QED) is 0.815. The first-order valence-electron chi connectivity index (χ1n) is 6.33. The van der Waals surface area contributed by atoms with Crippen LogP contribution in [0.3, 0.4) is 0 Å². The van der Waals surface area contributed by atoms with Crippen LogP contribution in [0, 0.1) is 6.92 Å². The molecule has 2 aromatic rings. The minimum Gasteiger partial charge on any atom is -0.384 e. The molecule has 2 aromatic heterocycles. The lowest BCUT2D eigenvalue weighted by atomic mass is 10.2. The summed E-state index contributed by atoms with van der Waals surface area (Å²) < 4.78 is 1.83. The van der Waals surface area contributed by atoms with Gasteiger partial charge >= 0.3 is 0 Å². The Kier molecular flexibility index (Phi) is 4.47. The number of nitrogens with one attached hydrogen (secondary N) is 1. The van der Waals surface area contributed by atoms with E-state index in [9.17, 15) is 0 Å². The standard InChI is InChI=1S/C13H20N4S/c1-4-18-7-5-6-14-11-8-12-10(2)16-17(3)13(12)15-9-11/h8-9,14H,4-7H2,1-3H3. The van der Waals surface area contributed by atoms with Crippen LogP contribution in [0.2, 0.25) is 0 Å². The SMILES string of the molecule is CCSCCCNc1cnc2c(c1)c(C)nn2C. The van der Waals surface area contributed by atoms with Crippen molar-refractivity contribution in [2.75, 3.05) is 23.4 Å². The zero-order chi connectivity index (χ0) is 13.0. The van der Waals surface area contributed by atoms with E-state index in [0.717, 1.165) is 29.0 Å². The number of nitrogens with zero attached hydrogens (tertiary/aromatic N) is 3. The number of anilines is 1. The van der Waals surface area contributed by atoms with Crippen LogP contribution in [-0.2, 0) is 7.05 Å². The molecule has 0 unspecified atom stereocenters. The molecule has 0 bridgehead atoms. The van der Waals surface area contributed by atoms with Crippen LogP contribution < -0.4 is 5.32 Å². The number of fused-ring (bicyclic) bond motifs is 1. The van der Waals surface area contributed by atoms with Crippen LogP contribution in [0.5, 0.6) is 0 Å². The number of pyridine rings is 1. The summed E-state index contributed by atoms with van der Waals surface area (Å²) in [6.45, 7) is 5.21. The van der Waals surface area contributed by atoms with Crippen molar-refractivity contribution >= 4 is 28.5 Å². The van der Waals surface area contributed by atoms with E-state index < -0.39 is 0 Å². The zero-order valence-electron chi connectivity index (χ0n) is 11.2. The van der Waals surface area contributed by atoms with Gasteiger partial charge in [-0.05, 0) is 30.9 Å². The van der Waals surface area contributed by atoms with Crippen molar-refractivity contribution in [1.82, 2.24) is 14.8 Å². The van der Waals surface area contributed by atoms with E-state index in [4.69, 9.17) is 0 Å². The molecule has 0 aliphatic rings. The summed E-state index contributed by atoms with van der Waals surface area (Å²) in [6, 6.07) is 2.14. The topological polar surface area (TPSA) is 42.7 Å². The molecule has 0 aliphatic heterocycles. The van der Waals surface area contributed by atoms with Gasteiger partial charge in [0.1, 0.15) is 0 Å². The van der Waals surface area contributed by atoms with Crippen molar-refractivity contribution in [3.05, 3.63) is 18.0 Å². The van der Waals surface area contributed by atoms with E-state index in [1.165, 1.54) is 17.9 Å². The largest absolute Gasteiger partial charge is 0.384 e. The van der Waals surface area contributed by atoms with E-state index in [0.29, 0.717) is 0 Å². The summed E-state index contributed by atoms with van der Waals surface area (Å²) in [7, 11) is 1.93. The Labute approximate surface area is 112 Å². The summed E-state index contributed by atoms with van der Waals surface area (Å²) >= 11 is 1.98. The molecule has 98 valence electrons. The van der Waals surface area contributed by atoms with E-state index in [-0.39, 0.29) is 0 Å². The summed E-state index contributed by atoms with van der Waals surface area (Å²) in [5.41, 5.74) is 3.06. The van der Waals surface area contributed by atoms with Crippen LogP contribution in [0.25, 0.3) is 11.0 Å². The van der Waals surface area contributed by atoms with Crippen LogP contribution in [0.4, 0.5) is 5.69 Å². The van der Waals surface area contributed by atoms with Crippen molar-refractivity contribution in [3.63, 3.8) is 0 Å². The lowest BCUT2D eigenvalue weighted by molar-refractivity contribution is 0.774. The Morgan fingerprint density at radius 1 is 1.44 bits per heavy atom. The highest BCUT2D eigenvalue weighted by Crippen LogP contribution is 2.19. The minimum atomic E-state index is 0.944. The number of hydrogen-bond acceptors (Lipinski definition) is 4. The Bertz CT molecular complexity index is 521. The second-order valence-corrected chi connectivity index (χ2v) is 5.68. The predicted octanol–water partition coefficient (Wildman–Crippen LogP) is 2.83. The van der Waals surface area contributed by atoms with Crippen molar-refractivity contribution in [1.29, 1.82) is 0 Å². The lowest BCUT2D eigenvalue weighted by Gasteiger charge is -2.05. The van der Waals surface area contributed by atoms with Crippen molar-refractivity contribution in [2.24, 2.45) is 7.05 Å². The van der Waals surface area contributed by atoms with Gasteiger partial charge in [-0.1, -0.05) is 6.92 Å². The minimum absolute atomic E-state index is 0.944. The third-order valence-electron chi connectivity index (χ3n) is 2.86. The maximum Gasteiger partial charge on any atom is 0.157 e. The van der Waals surface area contributed by atoms with E-state index in [1.807, 2.05) is 36.6 Å². The van der Waals surface area contributed by atoms with Gasteiger partial charge in [-0.3, -0.25) is 4.68 Å². The fourth-order valence-corrected chi connectivity index (χ4v) is 2.59. The molecule has 0 fully saturated rings. The second kappa shape index (κ2) is 6.09. The molecule has 0 atom stereocenters. The molecule has 0 amide bonds. The van der Waals surface area contributed by atoms with Crippen LogP contribution >= 0.6 is 11.8 Å². The molecule has 0 aliphatic carbocycles. The maximum absolute atomic E-state index is 4.45. The first-order chi connectivity index (χ1) is 8.72. The van der Waals surface area contributed by atoms with Gasteiger partial charge in [0.25, 0.3) is 0 Å². The first-order valence-corrected chi connectivity index (χ1v) is 7.48. The molecule has 5 heteroatoms. The van der Waals surface area contributed by atoms with Gasteiger partial charge in [0.05, 0.1) is 17.6 Å². The van der Waals surface area contributed by atoms with E-state index in [1.54, 1.807) is 0 Å². The number of hydrogen-bond donors (Lipinski definition) is 1. The fraction of sp³-hybridized carbons (Fsp3) is 0.538. The summed E-state index contributed by atoms with van der Waals surface area (Å²) in [6.07, 6.45) is 3.07. The highest BCUT2D eigenvalue weighted by atomic mass is 32.2. The van der Waals surface area contributed by atoms with Crippen LogP contribution in [-0.4, -0.2) is 32.8 Å². The van der Waals surface area contributed by atoms with Gasteiger partial charge in [-0.2, -0.15) is 16.9 Å². The van der Waals surface area contributed by atoms with Gasteiger partial charge in [0.15, 0.2) is 5.65 Å². The Hall–Kier alpha value is -1.23. The van der Waals surface area contributed by atoms with Crippen molar-refractivity contribution < 1.29 is 0 Å². The zero-order valence-corrected chi connectivity index (χ0v) is 12.0. The molecule has 0 radical (unpaired) electrons. The van der Waals surface area contributed by atoms with Gasteiger partial charge in [0.2, 0.25) is 0 Å². The maximum atomic E-state index is 4.45. The first kappa shape index (κ1) is 13.2. The molecule has 2 heterocycles. The van der Waals surface area contributed by atoms with Gasteiger partial charge < -0.3 is 5.32 Å². The van der Waals surface area contributed by atoms with Crippen molar-refractivity contribution in [2.45, 2.75) is 20.3 Å². The fourth-order valence-electron chi connectivity index (χ4n) is 1.96. The van der Waals surface area contributed by atoms with Gasteiger partial charge in [0, 0.05) is 19.0 Å². The van der Waals surface area contributed by atoms with Gasteiger partial charge in [-0.25, -0.2) is 4.98 Å². The molecule has 2 rings (SSSR count). The number of aromatic nitrogens is 3. The summed E-state index contributed by atoms with van der Waals surface area (Å²) in [4.78, 5) is 4.45. The Morgan fingerprint density at radius 3 is 3.06 bits per heavy atom. The van der Waals surface area contributed by atoms with E-state index >= 15 is 0 Å². The molecular weight excluding hydrogens is 244 g/mol. The Balaban J connectivity index is 1.99. The lowest BCUT2D eigenvalue weighted by Crippen LogP contribution is -2.03. The van der Waals surface area contributed by atoms with Crippen LogP contribution in [0.15, 0.2) is 12.3 Å². The smallest absolute Gasteiger partial charge is 0.157 e. The molecular formula is C13H20N4S. The highest BCUT2D eigenvalue weighted by Gasteiger charge is 2.06. The molecule has 0 saturated carbocycles. The Morgan fingerprint density at radius 2 is 2.28 bits per heavy atom. The highest BCUT2D eigenvalue weighted by molar-refractivity contribution is 7.99. The average molecular weight is 264 g/mol. The molecule has 0 saturated heterocycles. The van der Waals surface area contributed by atoms with Gasteiger partial charge in [-0.15, -0.1) is 0 Å². The molecule has 1 N–H and O–H groups in total. The van der Waals surface area contributed by atoms with Crippen LogP contribution in [0.1, 0.15) is 19.0 Å². The molecule has 18 heavy (non-hydrogen) atoms. The second-order valence-electron chi connectivity index (χ2n) is 4.28. The number of thioether (sulfide) groups is 1. The normalized spacial score (nSPS) is 11.1. The third kappa shape index (κ3) is 2.96. The predicted molar refractivity (Wildman–Crippen MR) is 79.4 cm³/mol. The third-order valence-corrected chi connectivity index (χ3v) is 3.85. The van der Waals surface area contributed by atoms with Crippen molar-refractivity contribution in [3.8, 4) is 0 Å². The number of aryl methyl sites for hydroxylation is 2. The molecule has 0 aromatic carbocycles. The summed E-state index contributed by atoms with van der Waals surface area (Å²) in [5.74, 6) is 2.41. The van der Waals surface area contributed by atoms with E-state index in [2.05, 4.69) is 28.4 Å². The molecule has 0 spiro atoms. The summed E-state index contributed by atoms with van der Waals surface area (Å²) in [5, 5.41) is 8.92. The molecule has 4 nitrogen and oxygen atoms in total.